The van der Waals surface area contributed by atoms with Crippen LogP contribution >= 0.6 is 24.8 Å². The van der Waals surface area contributed by atoms with Gasteiger partial charge >= 0.3 is 6.36 Å². The van der Waals surface area contributed by atoms with Crippen LogP contribution in [-0.4, -0.2) is 58.9 Å². The van der Waals surface area contributed by atoms with Crippen molar-refractivity contribution in [2.45, 2.75) is 17.7 Å². The lowest BCUT2D eigenvalue weighted by molar-refractivity contribution is -0.274. The Hall–Kier alpha value is -0.780. The number of sulfonamides is 1. The van der Waals surface area contributed by atoms with Crippen LogP contribution in [0.25, 0.3) is 0 Å². The first kappa shape index (κ1) is 25.2. The Kier molecular flexibility index (Phi) is 10.8. The predicted octanol–water partition coefficient (Wildman–Crippen LogP) is 2.00. The van der Waals surface area contributed by atoms with Crippen molar-refractivity contribution in [3.63, 3.8) is 0 Å². The van der Waals surface area contributed by atoms with E-state index >= 15 is 0 Å². The fraction of sp³-hybridized carbons (Fsp3) is 0.571. The molecule has 0 atom stereocenters. The van der Waals surface area contributed by atoms with Gasteiger partial charge in [-0.3, -0.25) is 0 Å². The van der Waals surface area contributed by atoms with Gasteiger partial charge in [-0.05, 0) is 25.1 Å². The summed E-state index contributed by atoms with van der Waals surface area (Å²) in [5, 5.41) is 3.23. The molecular weight excluding hydrogens is 418 g/mol. The molecule has 6 nitrogen and oxygen atoms in total. The fourth-order valence-electron chi connectivity index (χ4n) is 2.37. The Labute approximate surface area is 163 Å². The second kappa shape index (κ2) is 11.2. The van der Waals surface area contributed by atoms with E-state index in [-0.39, 0.29) is 36.3 Å². The number of rotatable bonds is 7. The van der Waals surface area contributed by atoms with Crippen LogP contribution in [0.2, 0.25) is 0 Å². The summed E-state index contributed by atoms with van der Waals surface area (Å²) in [5.41, 5.74) is 0. The SMILES string of the molecule is Cl.Cl.O=S(=O)(NCCCN1CCNCC1)c1cccc(OC(F)(F)F)c1. The molecule has 0 bridgehead atoms. The molecule has 0 spiro atoms. The van der Waals surface area contributed by atoms with Crippen molar-refractivity contribution >= 4 is 34.8 Å². The van der Waals surface area contributed by atoms with E-state index in [9.17, 15) is 21.6 Å². The average Bonchev–Trinajstić information content (AvgIpc) is 2.51. The molecule has 1 fully saturated rings. The van der Waals surface area contributed by atoms with Gasteiger partial charge in [-0.25, -0.2) is 13.1 Å². The molecule has 1 aromatic rings. The molecular formula is C14H22Cl2F3N3O3S. The zero-order valence-electron chi connectivity index (χ0n) is 13.8. The van der Waals surface area contributed by atoms with E-state index in [1.165, 1.54) is 12.1 Å². The molecule has 1 aliphatic heterocycles. The Bertz CT molecular complexity index is 642. The van der Waals surface area contributed by atoms with Gasteiger partial charge in [-0.1, -0.05) is 6.07 Å². The van der Waals surface area contributed by atoms with Crippen LogP contribution in [-0.2, 0) is 10.0 Å². The molecule has 26 heavy (non-hydrogen) atoms. The molecule has 0 saturated carbocycles. The lowest BCUT2D eigenvalue weighted by Gasteiger charge is -2.27. The second-order valence-electron chi connectivity index (χ2n) is 5.37. The van der Waals surface area contributed by atoms with E-state index in [2.05, 4.69) is 19.7 Å². The van der Waals surface area contributed by atoms with E-state index in [1.54, 1.807) is 0 Å². The number of piperazine rings is 1. The standard InChI is InChI=1S/C14H20F3N3O3S.2ClH/c15-14(16,17)23-12-3-1-4-13(11-12)24(21,22)19-5-2-8-20-9-6-18-7-10-20;;/h1,3-4,11,18-19H,2,5-10H2;2*1H. The van der Waals surface area contributed by atoms with Crippen molar-refractivity contribution in [1.29, 1.82) is 0 Å². The van der Waals surface area contributed by atoms with E-state index < -0.39 is 22.1 Å². The van der Waals surface area contributed by atoms with E-state index in [4.69, 9.17) is 0 Å². The molecule has 0 aliphatic carbocycles. The first-order valence-electron chi connectivity index (χ1n) is 7.55. The summed E-state index contributed by atoms with van der Waals surface area (Å²) in [6, 6.07) is 4.33. The minimum absolute atomic E-state index is 0. The third-order valence-electron chi connectivity index (χ3n) is 3.50. The minimum Gasteiger partial charge on any atom is -0.406 e. The Morgan fingerprint density at radius 2 is 1.85 bits per heavy atom. The van der Waals surface area contributed by atoms with Gasteiger partial charge in [-0.15, -0.1) is 38.0 Å². The minimum atomic E-state index is -4.86. The first-order valence-corrected chi connectivity index (χ1v) is 9.03. The number of nitrogens with one attached hydrogen (secondary N) is 2. The first-order chi connectivity index (χ1) is 11.3. The summed E-state index contributed by atoms with van der Waals surface area (Å²) in [6.45, 7) is 4.65. The van der Waals surface area contributed by atoms with Crippen LogP contribution in [0.4, 0.5) is 13.2 Å². The molecule has 0 radical (unpaired) electrons. The molecule has 2 rings (SSSR count). The maximum absolute atomic E-state index is 12.2. The smallest absolute Gasteiger partial charge is 0.406 e. The van der Waals surface area contributed by atoms with Crippen LogP contribution in [0.3, 0.4) is 0 Å². The van der Waals surface area contributed by atoms with Gasteiger partial charge in [0, 0.05) is 38.8 Å². The lowest BCUT2D eigenvalue weighted by atomic mass is 10.3. The molecule has 2 N–H and O–H groups in total. The summed E-state index contributed by atoms with van der Waals surface area (Å²) in [4.78, 5) is 1.97. The summed E-state index contributed by atoms with van der Waals surface area (Å²) in [6.07, 6.45) is -4.24. The topological polar surface area (TPSA) is 70.7 Å². The monoisotopic (exact) mass is 439 g/mol. The highest BCUT2D eigenvalue weighted by atomic mass is 35.5. The Balaban J connectivity index is 0.00000312. The van der Waals surface area contributed by atoms with E-state index in [1.807, 2.05) is 0 Å². The normalized spacial score (nSPS) is 15.7. The van der Waals surface area contributed by atoms with Crippen molar-refractivity contribution < 1.29 is 26.3 Å². The molecule has 1 aliphatic rings. The Morgan fingerprint density at radius 3 is 2.46 bits per heavy atom. The number of nitrogens with zero attached hydrogens (tertiary/aromatic N) is 1. The number of ether oxygens (including phenoxy) is 1. The third-order valence-corrected chi connectivity index (χ3v) is 4.96. The van der Waals surface area contributed by atoms with Gasteiger partial charge in [0.15, 0.2) is 0 Å². The molecule has 1 saturated heterocycles. The molecule has 152 valence electrons. The van der Waals surface area contributed by atoms with E-state index in [0.29, 0.717) is 6.42 Å². The molecule has 12 heteroatoms. The van der Waals surface area contributed by atoms with Crippen molar-refractivity contribution in [2.24, 2.45) is 0 Å². The van der Waals surface area contributed by atoms with Crippen LogP contribution in [0, 0.1) is 0 Å². The highest BCUT2D eigenvalue weighted by Crippen LogP contribution is 2.24. The van der Waals surface area contributed by atoms with Crippen molar-refractivity contribution in [1.82, 2.24) is 14.9 Å². The number of hydrogen-bond donors (Lipinski definition) is 2. The number of benzene rings is 1. The highest BCUT2D eigenvalue weighted by Gasteiger charge is 2.31. The third kappa shape index (κ3) is 8.74. The van der Waals surface area contributed by atoms with Gasteiger partial charge in [-0.2, -0.15) is 0 Å². The van der Waals surface area contributed by atoms with Crippen molar-refractivity contribution in [3.8, 4) is 5.75 Å². The number of alkyl halides is 3. The maximum atomic E-state index is 12.2. The van der Waals surface area contributed by atoms with Crippen molar-refractivity contribution in [3.05, 3.63) is 24.3 Å². The molecule has 1 aromatic carbocycles. The molecule has 0 aromatic heterocycles. The van der Waals surface area contributed by atoms with Gasteiger partial charge in [0.1, 0.15) is 5.75 Å². The van der Waals surface area contributed by atoms with Crippen molar-refractivity contribution in [2.75, 3.05) is 39.3 Å². The largest absolute Gasteiger partial charge is 0.573 e. The Morgan fingerprint density at radius 1 is 1.19 bits per heavy atom. The maximum Gasteiger partial charge on any atom is 0.573 e. The van der Waals surface area contributed by atoms with E-state index in [0.717, 1.165) is 44.9 Å². The zero-order chi connectivity index (χ0) is 17.6. The van der Waals surface area contributed by atoms with Crippen LogP contribution in [0.1, 0.15) is 6.42 Å². The number of halogens is 5. The van der Waals surface area contributed by atoms with Crippen LogP contribution in [0.15, 0.2) is 29.2 Å². The quantitative estimate of drug-likeness (QED) is 0.635. The summed E-state index contributed by atoms with van der Waals surface area (Å²) >= 11 is 0. The van der Waals surface area contributed by atoms with Gasteiger partial charge in [0.2, 0.25) is 10.0 Å². The zero-order valence-corrected chi connectivity index (χ0v) is 16.2. The van der Waals surface area contributed by atoms with Gasteiger partial charge in [0.25, 0.3) is 0 Å². The van der Waals surface area contributed by atoms with Crippen LogP contribution < -0.4 is 14.8 Å². The van der Waals surface area contributed by atoms with Gasteiger partial charge in [0.05, 0.1) is 4.90 Å². The summed E-state index contributed by atoms with van der Waals surface area (Å²) in [7, 11) is -3.87. The molecule has 0 unspecified atom stereocenters. The molecule has 0 amide bonds. The fourth-order valence-corrected chi connectivity index (χ4v) is 3.47. The second-order valence-corrected chi connectivity index (χ2v) is 7.13. The van der Waals surface area contributed by atoms with Crippen LogP contribution in [0.5, 0.6) is 5.75 Å². The number of hydrogen-bond acceptors (Lipinski definition) is 5. The van der Waals surface area contributed by atoms with Gasteiger partial charge < -0.3 is 15.0 Å². The summed E-state index contributed by atoms with van der Waals surface area (Å²) in [5.74, 6) is -0.564. The summed E-state index contributed by atoms with van der Waals surface area (Å²) < 4.78 is 67.0. The lowest BCUT2D eigenvalue weighted by Crippen LogP contribution is -2.44. The highest BCUT2D eigenvalue weighted by molar-refractivity contribution is 7.89. The average molecular weight is 440 g/mol. The predicted molar refractivity (Wildman–Crippen MR) is 96.7 cm³/mol. The molecule has 1 heterocycles.